The molecule has 1 aliphatic rings. The molecule has 96 valence electrons. The van der Waals surface area contributed by atoms with E-state index in [0.717, 1.165) is 29.6 Å². The van der Waals surface area contributed by atoms with Crippen LogP contribution in [0.15, 0.2) is 24.3 Å². The Labute approximate surface area is 106 Å². The van der Waals surface area contributed by atoms with Gasteiger partial charge in [-0.1, -0.05) is 6.58 Å². The molecule has 0 bridgehead atoms. The van der Waals surface area contributed by atoms with Crippen molar-refractivity contribution >= 4 is 6.29 Å². The van der Waals surface area contributed by atoms with E-state index in [0.29, 0.717) is 11.3 Å². The Hall–Kier alpha value is -1.81. The van der Waals surface area contributed by atoms with Gasteiger partial charge < -0.3 is 14.2 Å². The summed E-state index contributed by atoms with van der Waals surface area (Å²) >= 11 is 0. The molecule has 0 saturated carbocycles. The minimum Gasteiger partial charge on any atom is -0.485 e. The summed E-state index contributed by atoms with van der Waals surface area (Å²) < 4.78 is 15.9. The van der Waals surface area contributed by atoms with Gasteiger partial charge in [-0.05, 0) is 24.1 Å². The Morgan fingerprint density at radius 3 is 3.00 bits per heavy atom. The van der Waals surface area contributed by atoms with Crippen LogP contribution in [-0.2, 0) is 11.2 Å². The molecule has 0 fully saturated rings. The summed E-state index contributed by atoms with van der Waals surface area (Å²) in [4.78, 5) is 11.0. The number of hydrogen-bond acceptors (Lipinski definition) is 4. The molecule has 1 aromatic carbocycles. The Morgan fingerprint density at radius 2 is 2.39 bits per heavy atom. The maximum atomic E-state index is 11.0. The third kappa shape index (κ3) is 2.38. The highest BCUT2D eigenvalue weighted by atomic mass is 16.7. The van der Waals surface area contributed by atoms with Crippen LogP contribution in [-0.4, -0.2) is 26.3 Å². The summed E-state index contributed by atoms with van der Waals surface area (Å²) in [6.07, 6.45) is 1.51. The highest BCUT2D eigenvalue weighted by Crippen LogP contribution is 2.36. The van der Waals surface area contributed by atoms with E-state index in [9.17, 15) is 4.79 Å². The number of fused-ring (bicyclic) bond motifs is 1. The molecule has 0 amide bonds. The third-order valence-electron chi connectivity index (χ3n) is 2.88. The van der Waals surface area contributed by atoms with Crippen LogP contribution in [0.4, 0.5) is 0 Å². The number of carbonyl (C=O) groups is 1. The summed E-state index contributed by atoms with van der Waals surface area (Å²) in [6, 6.07) is 3.54. The first-order chi connectivity index (χ1) is 8.65. The Morgan fingerprint density at radius 1 is 1.61 bits per heavy atom. The van der Waals surface area contributed by atoms with Crippen molar-refractivity contribution in [2.75, 3.05) is 13.9 Å². The number of hydrogen-bond donors (Lipinski definition) is 0. The van der Waals surface area contributed by atoms with Gasteiger partial charge in [0, 0.05) is 19.6 Å². The molecule has 18 heavy (non-hydrogen) atoms. The predicted molar refractivity (Wildman–Crippen MR) is 67.3 cm³/mol. The van der Waals surface area contributed by atoms with Crippen molar-refractivity contribution in [1.82, 2.24) is 0 Å². The smallest absolute Gasteiger partial charge is 0.188 e. The van der Waals surface area contributed by atoms with Gasteiger partial charge in [-0.15, -0.1) is 0 Å². The molecule has 1 heterocycles. The topological polar surface area (TPSA) is 44.8 Å². The first-order valence-electron chi connectivity index (χ1n) is 5.71. The largest absolute Gasteiger partial charge is 0.485 e. The minimum absolute atomic E-state index is 0.0165. The average Bonchev–Trinajstić information content (AvgIpc) is 2.77. The second-order valence-electron chi connectivity index (χ2n) is 4.32. The molecular weight excluding hydrogens is 232 g/mol. The van der Waals surface area contributed by atoms with Crippen molar-refractivity contribution < 1.29 is 19.0 Å². The highest BCUT2D eigenvalue weighted by Gasteiger charge is 2.25. The van der Waals surface area contributed by atoms with E-state index >= 15 is 0 Å². The third-order valence-corrected chi connectivity index (χ3v) is 2.88. The summed E-state index contributed by atoms with van der Waals surface area (Å²) in [6.45, 7) is 5.92. The molecule has 1 atom stereocenters. The first-order valence-corrected chi connectivity index (χ1v) is 5.71. The number of methoxy groups -OCH3 is 1. The predicted octanol–water partition coefficient (Wildman–Crippen LogP) is 2.36. The van der Waals surface area contributed by atoms with E-state index in [4.69, 9.17) is 14.2 Å². The zero-order chi connectivity index (χ0) is 13.1. The lowest BCUT2D eigenvalue weighted by Gasteiger charge is -2.10. The zero-order valence-corrected chi connectivity index (χ0v) is 10.6. The zero-order valence-electron chi connectivity index (χ0n) is 10.6. The summed E-state index contributed by atoms with van der Waals surface area (Å²) in [5.41, 5.74) is 2.49. The van der Waals surface area contributed by atoms with E-state index in [1.165, 1.54) is 7.11 Å². The van der Waals surface area contributed by atoms with Crippen molar-refractivity contribution in [2.24, 2.45) is 0 Å². The normalized spacial score (nSPS) is 16.9. The maximum absolute atomic E-state index is 11.0. The Balaban J connectivity index is 2.29. The van der Waals surface area contributed by atoms with Crippen LogP contribution >= 0.6 is 0 Å². The second-order valence-corrected chi connectivity index (χ2v) is 4.32. The number of rotatable bonds is 5. The van der Waals surface area contributed by atoms with Crippen LogP contribution < -0.4 is 9.47 Å². The van der Waals surface area contributed by atoms with Crippen molar-refractivity contribution in [3.05, 3.63) is 35.4 Å². The van der Waals surface area contributed by atoms with Crippen LogP contribution in [0.1, 0.15) is 22.8 Å². The van der Waals surface area contributed by atoms with Crippen LogP contribution in [0, 0.1) is 0 Å². The van der Waals surface area contributed by atoms with E-state index in [1.807, 2.05) is 6.92 Å². The molecule has 2 rings (SSSR count). The molecule has 4 heteroatoms. The van der Waals surface area contributed by atoms with E-state index in [1.54, 1.807) is 12.1 Å². The van der Waals surface area contributed by atoms with Crippen LogP contribution in [0.2, 0.25) is 0 Å². The highest BCUT2D eigenvalue weighted by molar-refractivity contribution is 5.80. The van der Waals surface area contributed by atoms with E-state index < -0.39 is 0 Å². The van der Waals surface area contributed by atoms with Gasteiger partial charge in [0.25, 0.3) is 0 Å². The van der Waals surface area contributed by atoms with Gasteiger partial charge >= 0.3 is 0 Å². The fraction of sp³-hybridized carbons (Fsp3) is 0.357. The standard InChI is InChI=1S/C14H16O4/c1-9(2)12-5-10-4-11(7-15)13(17-8-16-3)6-14(10)18-12/h4,6-7,12H,1,5,8H2,2-3H3/t12-/m1/s1. The SMILES string of the molecule is C=C(C)[C@H]1Cc2cc(C=O)c(OCOC)cc2O1. The molecule has 1 aromatic rings. The molecule has 0 unspecified atom stereocenters. The summed E-state index contributed by atoms with van der Waals surface area (Å²) in [5, 5.41) is 0. The van der Waals surface area contributed by atoms with Crippen molar-refractivity contribution in [1.29, 1.82) is 0 Å². The molecular formula is C14H16O4. The van der Waals surface area contributed by atoms with Crippen molar-refractivity contribution in [3.8, 4) is 11.5 Å². The Bertz CT molecular complexity index is 479. The van der Waals surface area contributed by atoms with Gasteiger partial charge in [0.1, 0.15) is 17.6 Å². The van der Waals surface area contributed by atoms with Crippen LogP contribution in [0.25, 0.3) is 0 Å². The molecule has 0 aliphatic carbocycles. The monoisotopic (exact) mass is 248 g/mol. The molecule has 1 aliphatic heterocycles. The summed E-state index contributed by atoms with van der Waals surface area (Å²) in [7, 11) is 1.53. The average molecular weight is 248 g/mol. The Kier molecular flexibility index (Phi) is 3.67. The minimum atomic E-state index is -0.0165. The van der Waals surface area contributed by atoms with Gasteiger partial charge in [0.15, 0.2) is 13.1 Å². The molecule has 0 radical (unpaired) electrons. The molecule has 0 aromatic heterocycles. The quantitative estimate of drug-likeness (QED) is 0.456. The van der Waals surface area contributed by atoms with Gasteiger partial charge in [-0.25, -0.2) is 0 Å². The summed E-state index contributed by atoms with van der Waals surface area (Å²) in [5.74, 6) is 1.23. The lowest BCUT2D eigenvalue weighted by Crippen LogP contribution is -2.13. The lowest BCUT2D eigenvalue weighted by atomic mass is 10.0. The van der Waals surface area contributed by atoms with Gasteiger partial charge in [-0.2, -0.15) is 0 Å². The van der Waals surface area contributed by atoms with Crippen molar-refractivity contribution in [3.63, 3.8) is 0 Å². The van der Waals surface area contributed by atoms with E-state index in [2.05, 4.69) is 6.58 Å². The van der Waals surface area contributed by atoms with Gasteiger partial charge in [0.05, 0.1) is 5.56 Å². The molecule has 4 nitrogen and oxygen atoms in total. The van der Waals surface area contributed by atoms with Gasteiger partial charge in [0.2, 0.25) is 0 Å². The fourth-order valence-electron chi connectivity index (χ4n) is 1.90. The van der Waals surface area contributed by atoms with Crippen LogP contribution in [0.3, 0.4) is 0 Å². The number of ether oxygens (including phenoxy) is 3. The molecule has 0 spiro atoms. The van der Waals surface area contributed by atoms with E-state index in [-0.39, 0.29) is 12.9 Å². The number of benzene rings is 1. The van der Waals surface area contributed by atoms with Gasteiger partial charge in [-0.3, -0.25) is 4.79 Å². The second kappa shape index (κ2) is 5.23. The van der Waals surface area contributed by atoms with Crippen molar-refractivity contribution in [2.45, 2.75) is 19.4 Å². The molecule has 0 saturated heterocycles. The number of aldehydes is 1. The first kappa shape index (κ1) is 12.6. The lowest BCUT2D eigenvalue weighted by molar-refractivity contribution is 0.0504. The number of carbonyl (C=O) groups excluding carboxylic acids is 1. The molecule has 0 N–H and O–H groups in total. The fourth-order valence-corrected chi connectivity index (χ4v) is 1.90. The van der Waals surface area contributed by atoms with Crippen LogP contribution in [0.5, 0.6) is 11.5 Å². The maximum Gasteiger partial charge on any atom is 0.188 e.